The Balaban J connectivity index is 3.30. The third kappa shape index (κ3) is 5.01. The van der Waals surface area contributed by atoms with Gasteiger partial charge in [-0.1, -0.05) is 6.92 Å². The second-order valence-corrected chi connectivity index (χ2v) is 5.55. The van der Waals surface area contributed by atoms with Crippen LogP contribution in [0.3, 0.4) is 0 Å². The first-order chi connectivity index (χ1) is 11.8. The molecule has 0 saturated heterocycles. The van der Waals surface area contributed by atoms with Crippen molar-refractivity contribution >= 4 is 11.9 Å². The summed E-state index contributed by atoms with van der Waals surface area (Å²) in [6.07, 6.45) is 0.252. The molecule has 7 nitrogen and oxygen atoms in total. The smallest absolute Gasteiger partial charge is 0.329 e. The first-order valence-electron chi connectivity index (χ1n) is 8.45. The average Bonchev–Trinajstić information content (AvgIpc) is 2.57. The predicted molar refractivity (Wildman–Crippen MR) is 93.7 cm³/mol. The SMILES string of the molecule is CCOc1cc(C(=O)NC(C)(CC)C(=O)O)cc(OCC)c1OCC. The standard InChI is InChI=1S/C18H27NO6/c1-6-18(5,17(21)22)19-16(20)12-10-13(23-7-2)15(25-9-4)14(11-12)24-8-3/h10-11H,6-9H2,1-5H3,(H,19,20)(H,21,22). The van der Waals surface area contributed by atoms with Gasteiger partial charge in [-0.05, 0) is 46.2 Å². The molecule has 0 saturated carbocycles. The first-order valence-corrected chi connectivity index (χ1v) is 8.45. The number of carbonyl (C=O) groups is 2. The summed E-state index contributed by atoms with van der Waals surface area (Å²) in [7, 11) is 0. The monoisotopic (exact) mass is 353 g/mol. The fraction of sp³-hybridized carbons (Fsp3) is 0.556. The van der Waals surface area contributed by atoms with Gasteiger partial charge in [0, 0.05) is 5.56 Å². The molecular weight excluding hydrogens is 326 g/mol. The first kappa shape index (κ1) is 20.6. The third-order valence-corrected chi connectivity index (χ3v) is 3.74. The van der Waals surface area contributed by atoms with Crippen LogP contribution in [0.15, 0.2) is 12.1 Å². The number of nitrogens with one attached hydrogen (secondary N) is 1. The molecule has 1 unspecified atom stereocenters. The van der Waals surface area contributed by atoms with E-state index in [1.54, 1.807) is 6.92 Å². The largest absolute Gasteiger partial charge is 0.490 e. The van der Waals surface area contributed by atoms with Gasteiger partial charge in [0.1, 0.15) is 5.54 Å². The number of hydrogen-bond donors (Lipinski definition) is 2. The van der Waals surface area contributed by atoms with Crippen molar-refractivity contribution in [3.05, 3.63) is 17.7 Å². The molecule has 140 valence electrons. The lowest BCUT2D eigenvalue weighted by molar-refractivity contribution is -0.143. The van der Waals surface area contributed by atoms with Crippen LogP contribution in [0.5, 0.6) is 17.2 Å². The number of carboxylic acid groups (broad SMARTS) is 1. The van der Waals surface area contributed by atoms with Gasteiger partial charge in [-0.25, -0.2) is 4.79 Å². The molecule has 0 aliphatic heterocycles. The van der Waals surface area contributed by atoms with E-state index in [0.717, 1.165) is 0 Å². The Kier molecular flexibility index (Phi) is 7.54. The molecule has 0 aliphatic carbocycles. The number of benzene rings is 1. The zero-order chi connectivity index (χ0) is 19.0. The molecular formula is C18H27NO6. The third-order valence-electron chi connectivity index (χ3n) is 3.74. The summed E-state index contributed by atoms with van der Waals surface area (Å²) in [5.41, 5.74) is -1.11. The molecule has 0 fully saturated rings. The quantitative estimate of drug-likeness (QED) is 0.672. The minimum absolute atomic E-state index is 0.247. The lowest BCUT2D eigenvalue weighted by atomic mass is 9.98. The highest BCUT2D eigenvalue weighted by molar-refractivity contribution is 5.98. The number of amides is 1. The van der Waals surface area contributed by atoms with Crippen LogP contribution >= 0.6 is 0 Å². The van der Waals surface area contributed by atoms with Crippen LogP contribution in [-0.4, -0.2) is 42.3 Å². The molecule has 1 rings (SSSR count). The molecule has 0 heterocycles. The summed E-state index contributed by atoms with van der Waals surface area (Å²) in [5.74, 6) is -0.414. The highest BCUT2D eigenvalue weighted by Crippen LogP contribution is 2.39. The van der Waals surface area contributed by atoms with E-state index < -0.39 is 17.4 Å². The highest BCUT2D eigenvalue weighted by Gasteiger charge is 2.33. The van der Waals surface area contributed by atoms with Crippen LogP contribution < -0.4 is 19.5 Å². The molecule has 1 aromatic rings. The Morgan fingerprint density at radius 1 is 1.00 bits per heavy atom. The van der Waals surface area contributed by atoms with Crippen molar-refractivity contribution in [2.75, 3.05) is 19.8 Å². The molecule has 1 atom stereocenters. The van der Waals surface area contributed by atoms with E-state index in [4.69, 9.17) is 14.2 Å². The molecule has 2 N–H and O–H groups in total. The fourth-order valence-electron chi connectivity index (χ4n) is 2.14. The fourth-order valence-corrected chi connectivity index (χ4v) is 2.14. The second kappa shape index (κ2) is 9.15. The summed E-state index contributed by atoms with van der Waals surface area (Å²) in [6, 6.07) is 3.06. The van der Waals surface area contributed by atoms with Gasteiger partial charge < -0.3 is 24.6 Å². The summed E-state index contributed by atoms with van der Waals surface area (Å²) in [6.45, 7) is 9.84. The maximum atomic E-state index is 12.6. The molecule has 0 spiro atoms. The van der Waals surface area contributed by atoms with Crippen LogP contribution in [0, 0.1) is 0 Å². The van der Waals surface area contributed by atoms with Crippen LogP contribution in [0.1, 0.15) is 51.4 Å². The van der Waals surface area contributed by atoms with Gasteiger partial charge in [-0.15, -0.1) is 0 Å². The Hall–Kier alpha value is -2.44. The van der Waals surface area contributed by atoms with Gasteiger partial charge in [0.15, 0.2) is 11.5 Å². The molecule has 1 aromatic carbocycles. The minimum atomic E-state index is -1.35. The predicted octanol–water partition coefficient (Wildman–Crippen LogP) is 2.87. The number of rotatable bonds is 10. The van der Waals surface area contributed by atoms with Gasteiger partial charge in [0.2, 0.25) is 5.75 Å². The number of ether oxygens (including phenoxy) is 3. The Morgan fingerprint density at radius 2 is 1.48 bits per heavy atom. The molecule has 0 aromatic heterocycles. The van der Waals surface area contributed by atoms with Gasteiger partial charge in [0.05, 0.1) is 19.8 Å². The molecule has 7 heteroatoms. The van der Waals surface area contributed by atoms with Crippen LogP contribution in [0.4, 0.5) is 0 Å². The van der Waals surface area contributed by atoms with Gasteiger partial charge in [-0.3, -0.25) is 4.79 Å². The van der Waals surface area contributed by atoms with Crippen molar-refractivity contribution in [1.82, 2.24) is 5.32 Å². The average molecular weight is 353 g/mol. The van der Waals surface area contributed by atoms with Crippen molar-refractivity contribution in [3.63, 3.8) is 0 Å². The lowest BCUT2D eigenvalue weighted by Gasteiger charge is -2.25. The van der Waals surface area contributed by atoms with Gasteiger partial charge in [0.25, 0.3) is 5.91 Å². The number of carboxylic acids is 1. The summed E-state index contributed by atoms with van der Waals surface area (Å²) in [4.78, 5) is 24.0. The Labute approximate surface area is 148 Å². The topological polar surface area (TPSA) is 94.1 Å². The van der Waals surface area contributed by atoms with Crippen LogP contribution in [-0.2, 0) is 4.79 Å². The number of hydrogen-bond acceptors (Lipinski definition) is 5. The second-order valence-electron chi connectivity index (χ2n) is 5.55. The van der Waals surface area contributed by atoms with E-state index >= 15 is 0 Å². The zero-order valence-electron chi connectivity index (χ0n) is 15.5. The van der Waals surface area contributed by atoms with Crippen molar-refractivity contribution in [2.24, 2.45) is 0 Å². The Morgan fingerprint density at radius 3 is 1.84 bits per heavy atom. The lowest BCUT2D eigenvalue weighted by Crippen LogP contribution is -2.51. The maximum Gasteiger partial charge on any atom is 0.329 e. The Bertz CT molecular complexity index is 589. The van der Waals surface area contributed by atoms with E-state index in [0.29, 0.717) is 37.1 Å². The normalized spacial score (nSPS) is 12.8. The van der Waals surface area contributed by atoms with Crippen LogP contribution in [0.25, 0.3) is 0 Å². The van der Waals surface area contributed by atoms with Gasteiger partial charge in [-0.2, -0.15) is 0 Å². The van der Waals surface area contributed by atoms with Crippen LogP contribution in [0.2, 0.25) is 0 Å². The molecule has 0 aliphatic rings. The summed E-state index contributed by atoms with van der Waals surface area (Å²) >= 11 is 0. The summed E-state index contributed by atoms with van der Waals surface area (Å²) in [5, 5.41) is 11.9. The van der Waals surface area contributed by atoms with Crippen molar-refractivity contribution in [2.45, 2.75) is 46.6 Å². The molecule has 0 radical (unpaired) electrons. The summed E-state index contributed by atoms with van der Waals surface area (Å²) < 4.78 is 16.7. The van der Waals surface area contributed by atoms with Crippen molar-refractivity contribution < 1.29 is 28.9 Å². The number of aliphatic carboxylic acids is 1. The zero-order valence-corrected chi connectivity index (χ0v) is 15.5. The van der Waals surface area contributed by atoms with Crippen molar-refractivity contribution in [1.29, 1.82) is 0 Å². The minimum Gasteiger partial charge on any atom is -0.490 e. The van der Waals surface area contributed by atoms with E-state index in [1.807, 2.05) is 20.8 Å². The number of carbonyl (C=O) groups excluding carboxylic acids is 1. The molecule has 0 bridgehead atoms. The maximum absolute atomic E-state index is 12.6. The molecule has 25 heavy (non-hydrogen) atoms. The van der Waals surface area contributed by atoms with E-state index in [1.165, 1.54) is 19.1 Å². The molecule has 1 amide bonds. The van der Waals surface area contributed by atoms with E-state index in [2.05, 4.69) is 5.32 Å². The van der Waals surface area contributed by atoms with E-state index in [-0.39, 0.29) is 12.0 Å². The van der Waals surface area contributed by atoms with Crippen molar-refractivity contribution in [3.8, 4) is 17.2 Å². The van der Waals surface area contributed by atoms with Gasteiger partial charge >= 0.3 is 5.97 Å². The van der Waals surface area contributed by atoms with E-state index in [9.17, 15) is 14.7 Å². The highest BCUT2D eigenvalue weighted by atomic mass is 16.5.